The van der Waals surface area contributed by atoms with Crippen LogP contribution in [0.2, 0.25) is 0 Å². The van der Waals surface area contributed by atoms with Gasteiger partial charge >= 0.3 is 0 Å². The van der Waals surface area contributed by atoms with Gasteiger partial charge in [-0.05, 0) is 37.5 Å². The molecule has 92 valence electrons. The van der Waals surface area contributed by atoms with Gasteiger partial charge in [0.2, 0.25) is 0 Å². The largest absolute Gasteiger partial charge is 0.233 e. The SMILES string of the molecule is CC.CC1=C=CC(C#Cc2nc(C)cs2)=CC=C1. The van der Waals surface area contributed by atoms with E-state index >= 15 is 0 Å². The van der Waals surface area contributed by atoms with Crippen molar-refractivity contribution in [2.45, 2.75) is 27.7 Å². The molecule has 0 spiro atoms. The van der Waals surface area contributed by atoms with Crippen LogP contribution in [0.1, 0.15) is 31.5 Å². The number of nitrogens with zero attached hydrogens (tertiary/aromatic N) is 1. The van der Waals surface area contributed by atoms with Crippen LogP contribution in [0.25, 0.3) is 0 Å². The second-order valence-corrected chi connectivity index (χ2v) is 4.35. The number of aromatic nitrogens is 1. The van der Waals surface area contributed by atoms with Gasteiger partial charge in [-0.2, -0.15) is 0 Å². The molecule has 0 atom stereocenters. The normalized spacial score (nSPS) is 12.4. The van der Waals surface area contributed by atoms with Gasteiger partial charge < -0.3 is 0 Å². The van der Waals surface area contributed by atoms with Crippen LogP contribution in [-0.4, -0.2) is 4.98 Å². The number of hydrogen-bond acceptors (Lipinski definition) is 2. The minimum absolute atomic E-state index is 0.862. The third-order valence-electron chi connectivity index (χ3n) is 2.01. The van der Waals surface area contributed by atoms with Crippen molar-refractivity contribution in [2.75, 3.05) is 0 Å². The second kappa shape index (κ2) is 7.50. The Morgan fingerprint density at radius 1 is 1.22 bits per heavy atom. The lowest BCUT2D eigenvalue weighted by molar-refractivity contribution is 1.25. The topological polar surface area (TPSA) is 12.9 Å². The molecule has 0 unspecified atom stereocenters. The van der Waals surface area contributed by atoms with E-state index in [1.54, 1.807) is 11.3 Å². The van der Waals surface area contributed by atoms with E-state index in [4.69, 9.17) is 0 Å². The van der Waals surface area contributed by atoms with Gasteiger partial charge in [0.1, 0.15) is 0 Å². The summed E-state index contributed by atoms with van der Waals surface area (Å²) >= 11 is 1.57. The van der Waals surface area contributed by atoms with Crippen molar-refractivity contribution < 1.29 is 0 Å². The summed E-state index contributed by atoms with van der Waals surface area (Å²) in [7, 11) is 0. The molecule has 1 heterocycles. The fraction of sp³-hybridized carbons (Fsp3) is 0.250. The molecule has 1 aromatic heterocycles. The summed E-state index contributed by atoms with van der Waals surface area (Å²) in [6.45, 7) is 7.99. The molecule has 1 aliphatic carbocycles. The quantitative estimate of drug-likeness (QED) is 0.494. The zero-order valence-electron chi connectivity index (χ0n) is 11.2. The van der Waals surface area contributed by atoms with Gasteiger partial charge in [0.25, 0.3) is 0 Å². The van der Waals surface area contributed by atoms with Gasteiger partial charge in [-0.15, -0.1) is 17.1 Å². The van der Waals surface area contributed by atoms with E-state index in [0.29, 0.717) is 0 Å². The van der Waals surface area contributed by atoms with Crippen LogP contribution >= 0.6 is 11.3 Å². The molecule has 1 aromatic rings. The van der Waals surface area contributed by atoms with Crippen molar-refractivity contribution in [3.05, 3.63) is 57.3 Å². The maximum atomic E-state index is 4.29. The molecule has 0 bridgehead atoms. The van der Waals surface area contributed by atoms with Crippen LogP contribution in [0.4, 0.5) is 0 Å². The zero-order valence-corrected chi connectivity index (χ0v) is 12.1. The number of hydrogen-bond donors (Lipinski definition) is 0. The Morgan fingerprint density at radius 3 is 2.67 bits per heavy atom. The van der Waals surface area contributed by atoms with Crippen LogP contribution in [0.15, 0.2) is 46.6 Å². The molecule has 0 aliphatic heterocycles. The van der Waals surface area contributed by atoms with Crippen LogP contribution in [-0.2, 0) is 0 Å². The van der Waals surface area contributed by atoms with E-state index in [0.717, 1.165) is 21.8 Å². The molecule has 0 saturated carbocycles. The standard InChI is InChI=1S/C14H11NS.C2H6/c1-11-4-3-5-13(7-6-11)8-9-14-15-12(2)10-16-14;1-2/h3-5,7,10H,1-2H3;1-2H3. The van der Waals surface area contributed by atoms with Gasteiger partial charge in [-0.25, -0.2) is 4.98 Å². The molecular formula is C16H17NS. The smallest absolute Gasteiger partial charge is 0.167 e. The third kappa shape index (κ3) is 4.59. The van der Waals surface area contributed by atoms with E-state index in [2.05, 4.69) is 22.6 Å². The van der Waals surface area contributed by atoms with E-state index in [9.17, 15) is 0 Å². The highest BCUT2D eigenvalue weighted by atomic mass is 32.1. The molecule has 0 aromatic carbocycles. The van der Waals surface area contributed by atoms with Crippen molar-refractivity contribution in [2.24, 2.45) is 0 Å². The minimum Gasteiger partial charge on any atom is -0.233 e. The lowest BCUT2D eigenvalue weighted by atomic mass is 10.2. The lowest BCUT2D eigenvalue weighted by Gasteiger charge is -1.82. The summed E-state index contributed by atoms with van der Waals surface area (Å²) < 4.78 is 0. The first-order valence-corrected chi connectivity index (χ1v) is 6.88. The summed E-state index contributed by atoms with van der Waals surface area (Å²) in [5.74, 6) is 6.14. The Bertz CT molecular complexity index is 582. The molecule has 0 saturated heterocycles. The van der Waals surface area contributed by atoms with Crippen molar-refractivity contribution in [1.82, 2.24) is 4.98 Å². The number of allylic oxidation sites excluding steroid dienone is 5. The predicted octanol–water partition coefficient (Wildman–Crippen LogP) is 4.43. The summed E-state index contributed by atoms with van der Waals surface area (Å²) in [4.78, 5) is 4.29. The van der Waals surface area contributed by atoms with Crippen molar-refractivity contribution in [3.63, 3.8) is 0 Å². The summed E-state index contributed by atoms with van der Waals surface area (Å²) in [6, 6.07) is 0. The molecule has 18 heavy (non-hydrogen) atoms. The first kappa shape index (κ1) is 14.3. The van der Waals surface area contributed by atoms with Crippen LogP contribution < -0.4 is 0 Å². The molecule has 0 fully saturated rings. The fourth-order valence-electron chi connectivity index (χ4n) is 1.20. The molecule has 1 aliphatic rings. The van der Waals surface area contributed by atoms with Gasteiger partial charge in [0.15, 0.2) is 5.01 Å². The lowest BCUT2D eigenvalue weighted by Crippen LogP contribution is -1.74. The van der Waals surface area contributed by atoms with E-state index in [-0.39, 0.29) is 0 Å². The fourth-order valence-corrected chi connectivity index (χ4v) is 1.84. The number of thiazole rings is 1. The van der Waals surface area contributed by atoms with Crippen molar-refractivity contribution >= 4 is 11.3 Å². The first-order valence-electron chi connectivity index (χ1n) is 6.00. The Kier molecular flexibility index (Phi) is 5.94. The van der Waals surface area contributed by atoms with E-state index < -0.39 is 0 Å². The van der Waals surface area contributed by atoms with Crippen LogP contribution in [0, 0.1) is 18.8 Å². The molecule has 0 radical (unpaired) electrons. The second-order valence-electron chi connectivity index (χ2n) is 3.50. The van der Waals surface area contributed by atoms with Gasteiger partial charge in [0, 0.05) is 16.6 Å². The summed E-state index contributed by atoms with van der Waals surface area (Å²) in [5.41, 5.74) is 6.25. The highest BCUT2D eigenvalue weighted by Crippen LogP contribution is 2.08. The van der Waals surface area contributed by atoms with Crippen molar-refractivity contribution in [3.8, 4) is 11.8 Å². The zero-order chi connectivity index (χ0) is 13.4. The number of rotatable bonds is 0. The van der Waals surface area contributed by atoms with Gasteiger partial charge in [-0.3, -0.25) is 0 Å². The average Bonchev–Trinajstić information content (AvgIpc) is 2.68. The van der Waals surface area contributed by atoms with Crippen molar-refractivity contribution in [1.29, 1.82) is 0 Å². The monoisotopic (exact) mass is 255 g/mol. The molecule has 0 amide bonds. The van der Waals surface area contributed by atoms with Crippen LogP contribution in [0.5, 0.6) is 0 Å². The summed E-state index contributed by atoms with van der Waals surface area (Å²) in [5, 5.41) is 2.87. The molecule has 2 rings (SSSR count). The maximum absolute atomic E-state index is 4.29. The Morgan fingerprint density at radius 2 is 2.00 bits per heavy atom. The first-order chi connectivity index (χ1) is 8.74. The predicted molar refractivity (Wildman–Crippen MR) is 79.6 cm³/mol. The third-order valence-corrected chi connectivity index (χ3v) is 2.89. The average molecular weight is 255 g/mol. The maximum Gasteiger partial charge on any atom is 0.167 e. The Labute approximate surface area is 113 Å². The van der Waals surface area contributed by atoms with E-state index in [1.807, 2.05) is 57.4 Å². The summed E-state index contributed by atoms with van der Waals surface area (Å²) in [6.07, 6.45) is 7.89. The highest BCUT2D eigenvalue weighted by molar-refractivity contribution is 7.10. The molecule has 0 N–H and O–H groups in total. The Hall–Kier alpha value is -1.81. The molecule has 2 heteroatoms. The minimum atomic E-state index is 0.862. The number of aryl methyl sites for hydroxylation is 1. The van der Waals surface area contributed by atoms with E-state index in [1.165, 1.54) is 0 Å². The van der Waals surface area contributed by atoms with Crippen LogP contribution in [0.3, 0.4) is 0 Å². The Balaban J connectivity index is 0.000000771. The highest BCUT2D eigenvalue weighted by Gasteiger charge is 1.93. The van der Waals surface area contributed by atoms with Gasteiger partial charge in [0.05, 0.1) is 0 Å². The van der Waals surface area contributed by atoms with Gasteiger partial charge in [-0.1, -0.05) is 31.9 Å². The molecule has 1 nitrogen and oxygen atoms in total. The molecular weight excluding hydrogens is 238 g/mol.